The summed E-state index contributed by atoms with van der Waals surface area (Å²) in [7, 11) is 0. The molecule has 1 unspecified atom stereocenters. The summed E-state index contributed by atoms with van der Waals surface area (Å²) in [4.78, 5) is 25.7. The topological polar surface area (TPSA) is 66.8 Å². The SMILES string of the molecule is C=CCCC(C)(C(=O)O)N(C(=O)OCc1ccccc1)C1CC1. The number of nitrogens with zero attached hydrogens (tertiary/aromatic N) is 1. The molecule has 2 rings (SSSR count). The zero-order valence-electron chi connectivity index (χ0n) is 13.4. The van der Waals surface area contributed by atoms with E-state index < -0.39 is 17.6 Å². The van der Waals surface area contributed by atoms with E-state index in [1.807, 2.05) is 30.3 Å². The monoisotopic (exact) mass is 317 g/mol. The van der Waals surface area contributed by atoms with Gasteiger partial charge in [0.1, 0.15) is 12.1 Å². The molecule has 0 heterocycles. The van der Waals surface area contributed by atoms with Crippen LogP contribution in [0.4, 0.5) is 4.79 Å². The molecule has 1 fully saturated rings. The number of allylic oxidation sites excluding steroid dienone is 1. The van der Waals surface area contributed by atoms with E-state index in [0.717, 1.165) is 18.4 Å². The highest BCUT2D eigenvalue weighted by Crippen LogP contribution is 2.36. The van der Waals surface area contributed by atoms with E-state index in [0.29, 0.717) is 12.8 Å². The summed E-state index contributed by atoms with van der Waals surface area (Å²) in [6.45, 7) is 5.36. The predicted octanol–water partition coefficient (Wildman–Crippen LogP) is 3.60. The summed E-state index contributed by atoms with van der Waals surface area (Å²) >= 11 is 0. The van der Waals surface area contributed by atoms with Crippen LogP contribution in [0.3, 0.4) is 0 Å². The molecule has 5 heteroatoms. The summed E-state index contributed by atoms with van der Waals surface area (Å²) in [5.74, 6) is -1.01. The highest BCUT2D eigenvalue weighted by Gasteiger charge is 2.49. The first kappa shape index (κ1) is 17.1. The first-order chi connectivity index (χ1) is 11.0. The number of rotatable bonds is 8. The number of carbonyl (C=O) groups is 2. The molecule has 1 saturated carbocycles. The number of benzene rings is 1. The van der Waals surface area contributed by atoms with Gasteiger partial charge in [0.25, 0.3) is 0 Å². The van der Waals surface area contributed by atoms with Crippen molar-refractivity contribution < 1.29 is 19.4 Å². The Bertz CT molecular complexity index is 568. The molecule has 0 aliphatic heterocycles. The molecule has 23 heavy (non-hydrogen) atoms. The van der Waals surface area contributed by atoms with E-state index in [1.54, 1.807) is 13.0 Å². The van der Waals surface area contributed by atoms with Gasteiger partial charge in [-0.05, 0) is 38.2 Å². The molecule has 5 nitrogen and oxygen atoms in total. The molecule has 1 aliphatic rings. The average Bonchev–Trinajstić information content (AvgIpc) is 3.36. The van der Waals surface area contributed by atoms with E-state index in [4.69, 9.17) is 4.74 Å². The van der Waals surface area contributed by atoms with Gasteiger partial charge in [0, 0.05) is 6.04 Å². The number of hydrogen-bond acceptors (Lipinski definition) is 3. The van der Waals surface area contributed by atoms with Crippen molar-refractivity contribution in [2.75, 3.05) is 0 Å². The van der Waals surface area contributed by atoms with E-state index in [9.17, 15) is 14.7 Å². The summed E-state index contributed by atoms with van der Waals surface area (Å²) < 4.78 is 5.37. The second-order valence-corrected chi connectivity index (χ2v) is 6.05. The van der Waals surface area contributed by atoms with Crippen molar-refractivity contribution in [1.29, 1.82) is 0 Å². The molecule has 0 saturated heterocycles. The van der Waals surface area contributed by atoms with Crippen LogP contribution in [0, 0.1) is 0 Å². The lowest BCUT2D eigenvalue weighted by molar-refractivity contribution is -0.150. The van der Waals surface area contributed by atoms with Crippen LogP contribution in [0.2, 0.25) is 0 Å². The van der Waals surface area contributed by atoms with Crippen LogP contribution in [-0.4, -0.2) is 33.6 Å². The highest BCUT2D eigenvalue weighted by atomic mass is 16.6. The minimum atomic E-state index is -1.27. The Balaban J connectivity index is 2.11. The smallest absolute Gasteiger partial charge is 0.411 e. The molecule has 1 atom stereocenters. The molecule has 1 amide bonds. The van der Waals surface area contributed by atoms with Crippen LogP contribution in [0.5, 0.6) is 0 Å². The van der Waals surface area contributed by atoms with Gasteiger partial charge in [0.2, 0.25) is 0 Å². The highest BCUT2D eigenvalue weighted by molar-refractivity contribution is 5.84. The van der Waals surface area contributed by atoms with Crippen LogP contribution in [0.15, 0.2) is 43.0 Å². The molecular formula is C18H23NO4. The maximum Gasteiger partial charge on any atom is 0.411 e. The molecule has 1 aromatic rings. The number of carboxylic acid groups (broad SMARTS) is 1. The summed E-state index contributed by atoms with van der Waals surface area (Å²) in [6.07, 6.45) is 3.59. The van der Waals surface area contributed by atoms with Crippen molar-refractivity contribution in [2.24, 2.45) is 0 Å². The Labute approximate surface area is 136 Å². The fourth-order valence-electron chi connectivity index (χ4n) is 2.59. The summed E-state index contributed by atoms with van der Waals surface area (Å²) in [5.41, 5.74) is -0.400. The third-order valence-electron chi connectivity index (χ3n) is 4.14. The van der Waals surface area contributed by atoms with Gasteiger partial charge in [-0.2, -0.15) is 0 Å². The molecule has 0 radical (unpaired) electrons. The Hall–Kier alpha value is -2.30. The van der Waals surface area contributed by atoms with Crippen molar-refractivity contribution in [3.63, 3.8) is 0 Å². The molecule has 0 aromatic heterocycles. The molecular weight excluding hydrogens is 294 g/mol. The number of ether oxygens (including phenoxy) is 1. The van der Waals surface area contributed by atoms with E-state index >= 15 is 0 Å². The first-order valence-electron chi connectivity index (χ1n) is 7.83. The van der Waals surface area contributed by atoms with Crippen molar-refractivity contribution in [3.8, 4) is 0 Å². The average molecular weight is 317 g/mol. The van der Waals surface area contributed by atoms with Gasteiger partial charge in [-0.3, -0.25) is 4.90 Å². The van der Waals surface area contributed by atoms with Gasteiger partial charge in [-0.25, -0.2) is 9.59 Å². The van der Waals surface area contributed by atoms with E-state index in [-0.39, 0.29) is 12.6 Å². The normalized spacial score (nSPS) is 16.2. The number of aliphatic carboxylic acids is 1. The molecule has 1 N–H and O–H groups in total. The van der Waals surface area contributed by atoms with Gasteiger partial charge in [-0.1, -0.05) is 36.4 Å². The third kappa shape index (κ3) is 4.12. The zero-order chi connectivity index (χ0) is 16.9. The molecule has 0 spiro atoms. The fourth-order valence-corrected chi connectivity index (χ4v) is 2.59. The summed E-state index contributed by atoms with van der Waals surface area (Å²) in [6, 6.07) is 9.30. The van der Waals surface area contributed by atoms with Crippen LogP contribution < -0.4 is 0 Å². The zero-order valence-corrected chi connectivity index (χ0v) is 13.4. The van der Waals surface area contributed by atoms with Crippen molar-refractivity contribution in [3.05, 3.63) is 48.6 Å². The maximum atomic E-state index is 12.5. The third-order valence-corrected chi connectivity index (χ3v) is 4.14. The predicted molar refractivity (Wildman–Crippen MR) is 87.0 cm³/mol. The Morgan fingerprint density at radius 1 is 1.39 bits per heavy atom. The number of carboxylic acids is 1. The van der Waals surface area contributed by atoms with Gasteiger partial charge < -0.3 is 9.84 Å². The van der Waals surface area contributed by atoms with Gasteiger partial charge >= 0.3 is 12.1 Å². The first-order valence-corrected chi connectivity index (χ1v) is 7.83. The van der Waals surface area contributed by atoms with Crippen LogP contribution >= 0.6 is 0 Å². The number of carbonyl (C=O) groups excluding carboxylic acids is 1. The van der Waals surface area contributed by atoms with Crippen LogP contribution in [0.1, 0.15) is 38.2 Å². The van der Waals surface area contributed by atoms with Gasteiger partial charge in [0.05, 0.1) is 0 Å². The molecule has 0 bridgehead atoms. The summed E-state index contributed by atoms with van der Waals surface area (Å²) in [5, 5.41) is 9.66. The van der Waals surface area contributed by atoms with Crippen molar-refractivity contribution in [1.82, 2.24) is 4.90 Å². The number of amides is 1. The lowest BCUT2D eigenvalue weighted by Gasteiger charge is -2.37. The quantitative estimate of drug-likeness (QED) is 0.744. The lowest BCUT2D eigenvalue weighted by Crippen LogP contribution is -2.56. The molecule has 124 valence electrons. The molecule has 1 aromatic carbocycles. The fraction of sp³-hybridized carbons (Fsp3) is 0.444. The Kier molecular flexibility index (Phi) is 5.42. The Morgan fingerprint density at radius 2 is 2.04 bits per heavy atom. The molecule has 1 aliphatic carbocycles. The standard InChI is InChI=1S/C18H23NO4/c1-3-4-12-18(2,16(20)21)19(15-10-11-15)17(22)23-13-14-8-6-5-7-9-14/h3,5-9,15H,1,4,10-13H2,2H3,(H,20,21). The maximum absolute atomic E-state index is 12.5. The van der Waals surface area contributed by atoms with Crippen molar-refractivity contribution >= 4 is 12.1 Å². The van der Waals surface area contributed by atoms with E-state index in [2.05, 4.69) is 6.58 Å². The largest absolute Gasteiger partial charge is 0.480 e. The second kappa shape index (κ2) is 7.31. The van der Waals surface area contributed by atoms with Crippen LogP contribution in [0.25, 0.3) is 0 Å². The second-order valence-electron chi connectivity index (χ2n) is 6.05. The van der Waals surface area contributed by atoms with Gasteiger partial charge in [-0.15, -0.1) is 6.58 Å². The van der Waals surface area contributed by atoms with E-state index in [1.165, 1.54) is 4.90 Å². The van der Waals surface area contributed by atoms with Gasteiger partial charge in [0.15, 0.2) is 0 Å². The van der Waals surface area contributed by atoms with Crippen LogP contribution in [-0.2, 0) is 16.1 Å². The Morgan fingerprint density at radius 3 is 2.57 bits per heavy atom. The van der Waals surface area contributed by atoms with Crippen molar-refractivity contribution in [2.45, 2.75) is 50.8 Å². The minimum absolute atomic E-state index is 0.0517. The lowest BCUT2D eigenvalue weighted by atomic mass is 9.93. The minimum Gasteiger partial charge on any atom is -0.480 e. The number of hydrogen-bond donors (Lipinski definition) is 1.